The Morgan fingerprint density at radius 1 is 1.33 bits per heavy atom. The van der Waals surface area contributed by atoms with Crippen molar-refractivity contribution in [3.63, 3.8) is 0 Å². The fourth-order valence-corrected chi connectivity index (χ4v) is 4.72. The van der Waals surface area contributed by atoms with Crippen LogP contribution < -0.4 is 4.72 Å². The molecule has 2 atom stereocenters. The topological polar surface area (TPSA) is 66.4 Å². The Kier molecular flexibility index (Phi) is 5.41. The number of nitrogens with one attached hydrogen (secondary N) is 1. The molecule has 1 aromatic rings. The zero-order valence-corrected chi connectivity index (χ0v) is 13.4. The highest BCUT2D eigenvalue weighted by molar-refractivity contribution is 7.89. The first kappa shape index (κ1) is 16.5. The van der Waals surface area contributed by atoms with Crippen LogP contribution in [0.25, 0.3) is 0 Å². The van der Waals surface area contributed by atoms with E-state index < -0.39 is 15.6 Å². The number of aliphatic hydroxyl groups is 1. The van der Waals surface area contributed by atoms with Crippen LogP contribution in [-0.2, 0) is 16.4 Å². The van der Waals surface area contributed by atoms with Crippen molar-refractivity contribution in [3.8, 4) is 0 Å². The highest BCUT2D eigenvalue weighted by Gasteiger charge is 2.37. The summed E-state index contributed by atoms with van der Waals surface area (Å²) in [5.41, 5.74) is 0.352. The van der Waals surface area contributed by atoms with Gasteiger partial charge in [-0.25, -0.2) is 13.1 Å². The molecular weight excluding hydrogens is 286 g/mol. The fraction of sp³-hybridized carbons (Fsp3) is 0.625. The molecule has 0 spiro atoms. The average molecular weight is 311 g/mol. The minimum Gasteiger partial charge on any atom is -0.394 e. The van der Waals surface area contributed by atoms with Crippen molar-refractivity contribution in [2.24, 2.45) is 5.92 Å². The largest absolute Gasteiger partial charge is 0.394 e. The van der Waals surface area contributed by atoms with E-state index in [2.05, 4.69) is 11.6 Å². The van der Waals surface area contributed by atoms with Crippen LogP contribution in [0.4, 0.5) is 0 Å². The Hall–Kier alpha value is -0.910. The number of benzene rings is 1. The zero-order chi connectivity index (χ0) is 15.3. The smallest absolute Gasteiger partial charge is 0.212 e. The van der Waals surface area contributed by atoms with Gasteiger partial charge in [0.05, 0.1) is 17.9 Å². The van der Waals surface area contributed by atoms with Crippen LogP contribution in [-0.4, -0.2) is 31.4 Å². The van der Waals surface area contributed by atoms with E-state index in [0.29, 0.717) is 18.8 Å². The summed E-state index contributed by atoms with van der Waals surface area (Å²) in [5, 5.41) is 9.68. The van der Waals surface area contributed by atoms with E-state index in [9.17, 15) is 13.5 Å². The van der Waals surface area contributed by atoms with Gasteiger partial charge < -0.3 is 5.11 Å². The number of rotatable bonds is 6. The van der Waals surface area contributed by atoms with Crippen LogP contribution in [0, 0.1) is 5.92 Å². The van der Waals surface area contributed by atoms with Crippen molar-refractivity contribution in [1.82, 2.24) is 4.72 Å². The molecular formula is C16H25NO3S. The third kappa shape index (κ3) is 4.80. The fourth-order valence-electron chi connectivity index (χ4n) is 3.21. The van der Waals surface area contributed by atoms with Crippen molar-refractivity contribution in [2.75, 3.05) is 12.4 Å². The molecule has 1 aromatic carbocycles. The normalized spacial score (nSPS) is 26.7. The number of hydrogen-bond donors (Lipinski definition) is 2. The van der Waals surface area contributed by atoms with Gasteiger partial charge in [0, 0.05) is 0 Å². The summed E-state index contributed by atoms with van der Waals surface area (Å²) in [7, 11) is -3.38. The summed E-state index contributed by atoms with van der Waals surface area (Å²) in [6, 6.07) is 9.60. The van der Waals surface area contributed by atoms with Crippen LogP contribution in [0.3, 0.4) is 0 Å². The van der Waals surface area contributed by atoms with Crippen LogP contribution in [0.1, 0.15) is 38.2 Å². The number of aliphatic hydroxyl groups excluding tert-OH is 1. The van der Waals surface area contributed by atoms with Crippen molar-refractivity contribution < 1.29 is 13.5 Å². The highest BCUT2D eigenvalue weighted by Crippen LogP contribution is 2.32. The first-order valence-corrected chi connectivity index (χ1v) is 9.26. The Balaban J connectivity index is 1.99. The molecule has 2 unspecified atom stereocenters. The number of sulfonamides is 1. The minimum atomic E-state index is -3.38. The van der Waals surface area contributed by atoms with E-state index in [1.165, 1.54) is 0 Å². The van der Waals surface area contributed by atoms with Gasteiger partial charge in [-0.15, -0.1) is 0 Å². The summed E-state index contributed by atoms with van der Waals surface area (Å²) >= 11 is 0. The van der Waals surface area contributed by atoms with Crippen LogP contribution in [0.15, 0.2) is 30.3 Å². The van der Waals surface area contributed by atoms with Crippen molar-refractivity contribution >= 4 is 10.0 Å². The summed E-state index contributed by atoms with van der Waals surface area (Å²) in [6.45, 7) is 1.99. The van der Waals surface area contributed by atoms with Crippen molar-refractivity contribution in [1.29, 1.82) is 0 Å². The molecule has 4 nitrogen and oxygen atoms in total. The van der Waals surface area contributed by atoms with E-state index >= 15 is 0 Å². The number of aryl methyl sites for hydroxylation is 1. The molecule has 1 saturated carbocycles. The van der Waals surface area contributed by atoms with Gasteiger partial charge in [-0.2, -0.15) is 0 Å². The van der Waals surface area contributed by atoms with E-state index in [0.717, 1.165) is 24.8 Å². The lowest BCUT2D eigenvalue weighted by molar-refractivity contribution is 0.120. The Morgan fingerprint density at radius 2 is 2.05 bits per heavy atom. The van der Waals surface area contributed by atoms with Gasteiger partial charge in [0.15, 0.2) is 0 Å². The molecule has 0 amide bonds. The summed E-state index contributed by atoms with van der Waals surface area (Å²) < 4.78 is 27.4. The molecule has 1 aliphatic rings. The maximum absolute atomic E-state index is 12.3. The van der Waals surface area contributed by atoms with Gasteiger partial charge in [-0.3, -0.25) is 0 Å². The first-order chi connectivity index (χ1) is 9.95. The quantitative estimate of drug-likeness (QED) is 0.845. The van der Waals surface area contributed by atoms with E-state index in [1.54, 1.807) is 0 Å². The maximum atomic E-state index is 12.3. The lowest BCUT2D eigenvalue weighted by Crippen LogP contribution is -2.54. The van der Waals surface area contributed by atoms with Gasteiger partial charge in [0.2, 0.25) is 10.0 Å². The first-order valence-electron chi connectivity index (χ1n) is 7.61. The molecule has 1 fully saturated rings. The monoisotopic (exact) mass is 311 g/mol. The molecule has 0 aromatic heterocycles. The second kappa shape index (κ2) is 6.90. The average Bonchev–Trinajstić information content (AvgIpc) is 2.46. The molecule has 21 heavy (non-hydrogen) atoms. The van der Waals surface area contributed by atoms with Gasteiger partial charge in [-0.1, -0.05) is 50.1 Å². The molecule has 0 heterocycles. The van der Waals surface area contributed by atoms with Crippen LogP contribution in [0.2, 0.25) is 0 Å². The summed E-state index contributed by atoms with van der Waals surface area (Å²) in [5.74, 6) is 0.510. The van der Waals surface area contributed by atoms with E-state index in [1.807, 2.05) is 30.3 Å². The molecule has 0 radical (unpaired) electrons. The van der Waals surface area contributed by atoms with Gasteiger partial charge in [-0.05, 0) is 30.7 Å². The Bertz CT molecular complexity index is 544. The predicted octanol–water partition coefficient (Wildman–Crippen LogP) is 2.09. The van der Waals surface area contributed by atoms with Crippen LogP contribution >= 0.6 is 0 Å². The van der Waals surface area contributed by atoms with Crippen molar-refractivity contribution in [2.45, 2.75) is 44.6 Å². The Morgan fingerprint density at radius 3 is 2.67 bits per heavy atom. The lowest BCUT2D eigenvalue weighted by atomic mass is 9.78. The maximum Gasteiger partial charge on any atom is 0.212 e. The molecule has 0 bridgehead atoms. The molecule has 2 rings (SSSR count). The molecule has 0 saturated heterocycles. The third-order valence-electron chi connectivity index (χ3n) is 4.27. The molecule has 5 heteroatoms. The SMILES string of the molecule is CC1CCCC(CO)(NS(=O)(=O)CCc2ccccc2)C1. The molecule has 1 aliphatic carbocycles. The van der Waals surface area contributed by atoms with Gasteiger partial charge >= 0.3 is 0 Å². The minimum absolute atomic E-state index is 0.0626. The third-order valence-corrected chi connectivity index (χ3v) is 5.75. The molecule has 0 aliphatic heterocycles. The molecule has 118 valence electrons. The van der Waals surface area contributed by atoms with Gasteiger partial charge in [0.1, 0.15) is 0 Å². The standard InChI is InChI=1S/C16H25NO3S/c1-14-6-5-10-16(12-14,13-18)17-21(19,20)11-9-15-7-3-2-4-8-15/h2-4,7-8,14,17-18H,5-6,9-13H2,1H3. The number of hydrogen-bond acceptors (Lipinski definition) is 3. The second-order valence-corrected chi connectivity index (χ2v) is 8.14. The highest BCUT2D eigenvalue weighted by atomic mass is 32.2. The lowest BCUT2D eigenvalue weighted by Gasteiger charge is -2.39. The van der Waals surface area contributed by atoms with E-state index in [4.69, 9.17) is 0 Å². The van der Waals surface area contributed by atoms with Crippen LogP contribution in [0.5, 0.6) is 0 Å². The molecule has 2 N–H and O–H groups in total. The second-order valence-electron chi connectivity index (χ2n) is 6.30. The van der Waals surface area contributed by atoms with Crippen molar-refractivity contribution in [3.05, 3.63) is 35.9 Å². The zero-order valence-electron chi connectivity index (χ0n) is 12.6. The summed E-state index contributed by atoms with van der Waals surface area (Å²) in [6.07, 6.45) is 4.00. The van der Waals surface area contributed by atoms with Gasteiger partial charge in [0.25, 0.3) is 0 Å². The summed E-state index contributed by atoms with van der Waals surface area (Å²) in [4.78, 5) is 0. The Labute approximate surface area is 127 Å². The predicted molar refractivity (Wildman–Crippen MR) is 84.5 cm³/mol. The van der Waals surface area contributed by atoms with E-state index in [-0.39, 0.29) is 12.4 Å².